The molecule has 0 aromatic heterocycles. The molecule has 4 nitrogen and oxygen atoms in total. The van der Waals surface area contributed by atoms with E-state index in [9.17, 15) is 4.79 Å². The quantitative estimate of drug-likeness (QED) is 0.475. The van der Waals surface area contributed by atoms with Gasteiger partial charge in [0.15, 0.2) is 0 Å². The van der Waals surface area contributed by atoms with Gasteiger partial charge in [-0.05, 0) is 17.4 Å². The Labute approximate surface area is 115 Å². The summed E-state index contributed by atoms with van der Waals surface area (Å²) in [5.41, 5.74) is 1.20. The Morgan fingerprint density at radius 3 is 2.74 bits per heavy atom. The zero-order chi connectivity index (χ0) is 14.1. The van der Waals surface area contributed by atoms with Crippen LogP contribution in [0, 0.1) is 0 Å². The second-order valence-corrected chi connectivity index (χ2v) is 4.71. The number of carbonyl (C=O) groups is 1. The normalized spacial score (nSPS) is 10.3. The molecule has 0 fully saturated rings. The van der Waals surface area contributed by atoms with Crippen LogP contribution in [-0.4, -0.2) is 29.6 Å². The van der Waals surface area contributed by atoms with E-state index in [0.29, 0.717) is 12.0 Å². The average molecular weight is 263 g/mol. The first-order valence-corrected chi connectivity index (χ1v) is 6.85. The van der Waals surface area contributed by atoms with E-state index in [1.807, 2.05) is 6.07 Å². The Balaban J connectivity index is 2.33. The molecule has 3 N–H and O–H groups in total. The van der Waals surface area contributed by atoms with Crippen LogP contribution in [0.5, 0.6) is 0 Å². The Hall–Kier alpha value is -1.33. The van der Waals surface area contributed by atoms with Crippen molar-refractivity contribution in [3.05, 3.63) is 29.8 Å². The molecule has 1 aromatic rings. The maximum Gasteiger partial charge on any atom is 0.488 e. The molecule has 1 amide bonds. The van der Waals surface area contributed by atoms with Crippen molar-refractivity contribution in [1.82, 2.24) is 5.32 Å². The molecule has 0 heterocycles. The molecule has 0 spiro atoms. The van der Waals surface area contributed by atoms with Crippen molar-refractivity contribution in [1.29, 1.82) is 0 Å². The second-order valence-electron chi connectivity index (χ2n) is 4.71. The van der Waals surface area contributed by atoms with Gasteiger partial charge in [0.05, 0.1) is 6.42 Å². The van der Waals surface area contributed by atoms with E-state index in [0.717, 1.165) is 18.4 Å². The first kappa shape index (κ1) is 15.7. The summed E-state index contributed by atoms with van der Waals surface area (Å²) < 4.78 is 0. The fourth-order valence-corrected chi connectivity index (χ4v) is 1.89. The van der Waals surface area contributed by atoms with Gasteiger partial charge in [0.25, 0.3) is 0 Å². The highest BCUT2D eigenvalue weighted by atomic mass is 16.4. The number of hydrogen-bond donors (Lipinski definition) is 3. The standard InChI is InChI=1S/C14H22BNO3/c1-2-3-4-5-9-16-14(17)11-12-7-6-8-13(10-12)15(18)19/h6-8,10,18-19H,2-5,9,11H2,1H3,(H,16,17). The third kappa shape index (κ3) is 6.41. The minimum Gasteiger partial charge on any atom is -0.423 e. The molecule has 0 aliphatic carbocycles. The van der Waals surface area contributed by atoms with Crippen molar-refractivity contribution in [2.75, 3.05) is 6.54 Å². The van der Waals surface area contributed by atoms with Crippen molar-refractivity contribution in [2.24, 2.45) is 0 Å². The average Bonchev–Trinajstić information content (AvgIpc) is 2.38. The third-order valence-corrected chi connectivity index (χ3v) is 2.97. The smallest absolute Gasteiger partial charge is 0.423 e. The van der Waals surface area contributed by atoms with Gasteiger partial charge >= 0.3 is 7.12 Å². The van der Waals surface area contributed by atoms with Crippen LogP contribution in [-0.2, 0) is 11.2 Å². The van der Waals surface area contributed by atoms with Gasteiger partial charge in [0.2, 0.25) is 5.91 Å². The predicted octanol–water partition coefficient (Wildman–Crippen LogP) is 0.605. The van der Waals surface area contributed by atoms with Crippen LogP contribution in [0.2, 0.25) is 0 Å². The highest BCUT2D eigenvalue weighted by molar-refractivity contribution is 6.58. The molecule has 0 aliphatic heterocycles. The third-order valence-electron chi connectivity index (χ3n) is 2.97. The van der Waals surface area contributed by atoms with E-state index in [1.165, 1.54) is 12.8 Å². The van der Waals surface area contributed by atoms with E-state index in [4.69, 9.17) is 10.0 Å². The van der Waals surface area contributed by atoms with Gasteiger partial charge in [-0.25, -0.2) is 0 Å². The van der Waals surface area contributed by atoms with Crippen molar-refractivity contribution in [2.45, 2.75) is 39.0 Å². The summed E-state index contributed by atoms with van der Waals surface area (Å²) in [5, 5.41) is 21.0. The van der Waals surface area contributed by atoms with Gasteiger partial charge in [0.1, 0.15) is 0 Å². The molecule has 0 radical (unpaired) electrons. The number of hydrogen-bond acceptors (Lipinski definition) is 3. The van der Waals surface area contributed by atoms with Gasteiger partial charge in [-0.2, -0.15) is 0 Å². The lowest BCUT2D eigenvalue weighted by Crippen LogP contribution is -2.31. The maximum absolute atomic E-state index is 11.7. The van der Waals surface area contributed by atoms with Crippen molar-refractivity contribution < 1.29 is 14.8 Å². The number of carbonyl (C=O) groups excluding carboxylic acids is 1. The van der Waals surface area contributed by atoms with E-state index in [1.54, 1.807) is 18.2 Å². The number of rotatable bonds is 8. The molecule has 0 aliphatic rings. The monoisotopic (exact) mass is 263 g/mol. The summed E-state index contributed by atoms with van der Waals surface area (Å²) >= 11 is 0. The zero-order valence-corrected chi connectivity index (χ0v) is 11.4. The topological polar surface area (TPSA) is 69.6 Å². The summed E-state index contributed by atoms with van der Waals surface area (Å²) in [4.78, 5) is 11.7. The molecular formula is C14H22BNO3. The highest BCUT2D eigenvalue weighted by Crippen LogP contribution is 2.00. The van der Waals surface area contributed by atoms with Gasteiger partial charge < -0.3 is 15.4 Å². The summed E-state index contributed by atoms with van der Waals surface area (Å²) in [7, 11) is -1.49. The van der Waals surface area contributed by atoms with Crippen LogP contribution in [0.25, 0.3) is 0 Å². The first-order valence-electron chi connectivity index (χ1n) is 6.85. The Kier molecular flexibility index (Phi) is 7.22. The van der Waals surface area contributed by atoms with E-state index < -0.39 is 7.12 Å². The lowest BCUT2D eigenvalue weighted by Gasteiger charge is -2.06. The fourth-order valence-electron chi connectivity index (χ4n) is 1.89. The van der Waals surface area contributed by atoms with Crippen molar-refractivity contribution >= 4 is 18.5 Å². The molecule has 1 rings (SSSR count). The van der Waals surface area contributed by atoms with Crippen LogP contribution in [0.3, 0.4) is 0 Å². The Morgan fingerprint density at radius 1 is 1.26 bits per heavy atom. The molecule has 1 aromatic carbocycles. The SMILES string of the molecule is CCCCCCNC(=O)Cc1cccc(B(O)O)c1. The molecule has 0 atom stereocenters. The number of nitrogens with one attached hydrogen (secondary N) is 1. The van der Waals surface area contributed by atoms with Gasteiger partial charge in [-0.15, -0.1) is 0 Å². The summed E-state index contributed by atoms with van der Waals surface area (Å²) in [6.45, 7) is 2.86. The minimum absolute atomic E-state index is 0.0268. The minimum atomic E-state index is -1.49. The lowest BCUT2D eigenvalue weighted by molar-refractivity contribution is -0.120. The van der Waals surface area contributed by atoms with Crippen LogP contribution < -0.4 is 10.8 Å². The molecule has 0 saturated heterocycles. The summed E-state index contributed by atoms with van der Waals surface area (Å²) in [6, 6.07) is 6.79. The molecule has 0 unspecified atom stereocenters. The van der Waals surface area contributed by atoms with Gasteiger partial charge in [-0.3, -0.25) is 4.79 Å². The van der Waals surface area contributed by atoms with Crippen molar-refractivity contribution in [3.63, 3.8) is 0 Å². The molecule has 0 saturated carbocycles. The first-order chi connectivity index (χ1) is 9.13. The van der Waals surface area contributed by atoms with Crippen LogP contribution in [0.4, 0.5) is 0 Å². The number of amides is 1. The molecule has 104 valence electrons. The lowest BCUT2D eigenvalue weighted by atomic mass is 9.79. The molecule has 19 heavy (non-hydrogen) atoms. The van der Waals surface area contributed by atoms with Crippen LogP contribution in [0.15, 0.2) is 24.3 Å². The molecule has 0 bridgehead atoms. The Bertz CT molecular complexity index is 396. The highest BCUT2D eigenvalue weighted by Gasteiger charge is 2.11. The summed E-state index contributed by atoms with van der Waals surface area (Å²) in [6.07, 6.45) is 4.81. The predicted molar refractivity (Wildman–Crippen MR) is 77.1 cm³/mol. The fraction of sp³-hybridized carbons (Fsp3) is 0.500. The zero-order valence-electron chi connectivity index (χ0n) is 11.4. The Morgan fingerprint density at radius 2 is 2.05 bits per heavy atom. The largest absolute Gasteiger partial charge is 0.488 e. The maximum atomic E-state index is 11.7. The molecular weight excluding hydrogens is 241 g/mol. The summed E-state index contributed by atoms with van der Waals surface area (Å²) in [5.74, 6) is -0.0268. The van der Waals surface area contributed by atoms with Crippen molar-refractivity contribution in [3.8, 4) is 0 Å². The van der Waals surface area contributed by atoms with E-state index in [2.05, 4.69) is 12.2 Å². The van der Waals surface area contributed by atoms with Crippen LogP contribution in [0.1, 0.15) is 38.2 Å². The van der Waals surface area contributed by atoms with E-state index >= 15 is 0 Å². The second kappa shape index (κ2) is 8.72. The number of benzene rings is 1. The molecule has 5 heteroatoms. The van der Waals surface area contributed by atoms with Gasteiger partial charge in [0, 0.05) is 6.54 Å². The van der Waals surface area contributed by atoms with Crippen LogP contribution >= 0.6 is 0 Å². The number of unbranched alkanes of at least 4 members (excludes halogenated alkanes) is 3. The van der Waals surface area contributed by atoms with E-state index in [-0.39, 0.29) is 12.3 Å². The van der Waals surface area contributed by atoms with Gasteiger partial charge in [-0.1, -0.05) is 50.5 Å².